The Morgan fingerprint density at radius 2 is 1.73 bits per heavy atom. The molecule has 1 N–H and O–H groups in total. The van der Waals surface area contributed by atoms with Crippen LogP contribution in [-0.2, 0) is 0 Å². The Balaban J connectivity index is 1.72. The number of hydrogen-bond donors (Lipinski definition) is 1. The summed E-state index contributed by atoms with van der Waals surface area (Å²) in [5.41, 5.74) is 3.74. The quantitative estimate of drug-likeness (QED) is 0.307. The maximum atomic E-state index is 13.6. The molecule has 0 bridgehead atoms. The summed E-state index contributed by atoms with van der Waals surface area (Å²) in [6.45, 7) is 6.82. The first-order chi connectivity index (χ1) is 15.8. The van der Waals surface area contributed by atoms with Gasteiger partial charge in [0.15, 0.2) is 22.5 Å². The number of nitrogens with zero attached hydrogens (tertiary/aromatic N) is 4. The molecule has 0 aliphatic carbocycles. The maximum absolute atomic E-state index is 13.6. The number of carbonyl (C=O) groups is 2. The van der Waals surface area contributed by atoms with E-state index in [4.69, 9.17) is 0 Å². The number of ketones is 2. The van der Waals surface area contributed by atoms with Crippen molar-refractivity contribution in [2.75, 3.05) is 0 Å². The second kappa shape index (κ2) is 9.11. The smallest absolute Gasteiger partial charge is 0.196 e. The monoisotopic (exact) mass is 463 g/mol. The highest BCUT2D eigenvalue weighted by Crippen LogP contribution is 2.32. The molecule has 0 radical (unpaired) electrons. The summed E-state index contributed by atoms with van der Waals surface area (Å²) >= 11 is 1.25. The molecule has 4 aromatic rings. The summed E-state index contributed by atoms with van der Waals surface area (Å²) in [6, 6.07) is 9.62. The number of rotatable bonds is 7. The molecule has 7 nitrogen and oxygen atoms in total. The number of thioether (sulfide) groups is 1. The Bertz CT molecular complexity index is 1330. The second-order valence-corrected chi connectivity index (χ2v) is 8.97. The number of aromatic amines is 1. The topological polar surface area (TPSA) is 93.5 Å². The van der Waals surface area contributed by atoms with Gasteiger partial charge < -0.3 is 4.98 Å². The van der Waals surface area contributed by atoms with Crippen molar-refractivity contribution in [2.24, 2.45) is 0 Å². The molecule has 0 saturated heterocycles. The average Bonchev–Trinajstić information content (AvgIpc) is 3.34. The molecule has 33 heavy (non-hydrogen) atoms. The fourth-order valence-corrected chi connectivity index (χ4v) is 4.72. The van der Waals surface area contributed by atoms with Crippen molar-refractivity contribution in [1.82, 2.24) is 24.7 Å². The molecular formula is C24H22FN5O2S. The highest BCUT2D eigenvalue weighted by atomic mass is 32.2. The van der Waals surface area contributed by atoms with E-state index in [1.165, 1.54) is 30.8 Å². The number of aromatic nitrogens is 5. The molecule has 0 spiro atoms. The first kappa shape index (κ1) is 22.6. The van der Waals surface area contributed by atoms with Crippen molar-refractivity contribution in [3.63, 3.8) is 0 Å². The predicted molar refractivity (Wildman–Crippen MR) is 124 cm³/mol. The number of aryl methyl sites for hydroxylation is 1. The molecule has 168 valence electrons. The van der Waals surface area contributed by atoms with E-state index in [0.29, 0.717) is 39.2 Å². The predicted octanol–water partition coefficient (Wildman–Crippen LogP) is 4.98. The van der Waals surface area contributed by atoms with Crippen LogP contribution in [0.4, 0.5) is 4.39 Å². The summed E-state index contributed by atoms with van der Waals surface area (Å²) in [5.74, 6) is -0.0308. The number of halogens is 1. The Hall–Kier alpha value is -3.59. The Labute approximate surface area is 194 Å². The van der Waals surface area contributed by atoms with E-state index < -0.39 is 5.25 Å². The lowest BCUT2D eigenvalue weighted by molar-refractivity contribution is 0.0988. The van der Waals surface area contributed by atoms with Crippen LogP contribution in [-0.4, -0.2) is 41.5 Å². The molecule has 0 fully saturated rings. The molecule has 1 atom stereocenters. The van der Waals surface area contributed by atoms with Crippen LogP contribution >= 0.6 is 11.8 Å². The van der Waals surface area contributed by atoms with Crippen molar-refractivity contribution in [3.8, 4) is 17.1 Å². The number of H-pyrrole nitrogens is 1. The zero-order valence-corrected chi connectivity index (χ0v) is 19.4. The Morgan fingerprint density at radius 1 is 1.06 bits per heavy atom. The van der Waals surface area contributed by atoms with Gasteiger partial charge >= 0.3 is 0 Å². The van der Waals surface area contributed by atoms with E-state index >= 15 is 0 Å². The van der Waals surface area contributed by atoms with Crippen LogP contribution in [0.5, 0.6) is 0 Å². The molecular weight excluding hydrogens is 441 g/mol. The molecule has 0 saturated carbocycles. The van der Waals surface area contributed by atoms with E-state index in [1.807, 2.05) is 0 Å². The van der Waals surface area contributed by atoms with Gasteiger partial charge in [-0.1, -0.05) is 11.8 Å². The van der Waals surface area contributed by atoms with Crippen LogP contribution < -0.4 is 0 Å². The Kier molecular flexibility index (Phi) is 6.24. The van der Waals surface area contributed by atoms with Crippen LogP contribution in [0.3, 0.4) is 0 Å². The molecule has 0 amide bonds. The lowest BCUT2D eigenvalue weighted by atomic mass is 10.0. The largest absolute Gasteiger partial charge is 0.355 e. The molecule has 4 rings (SSSR count). The number of carbonyl (C=O) groups excluding carboxylic acids is 2. The third-order valence-corrected chi connectivity index (χ3v) is 6.39. The number of nitrogens with one attached hydrogen (secondary N) is 1. The lowest BCUT2D eigenvalue weighted by Crippen LogP contribution is -2.16. The van der Waals surface area contributed by atoms with Gasteiger partial charge in [-0.05, 0) is 69.7 Å². The van der Waals surface area contributed by atoms with Crippen molar-refractivity contribution < 1.29 is 14.0 Å². The third-order valence-electron chi connectivity index (χ3n) is 5.34. The molecule has 0 aliphatic heterocycles. The minimum atomic E-state index is -0.518. The van der Waals surface area contributed by atoms with Gasteiger partial charge in [-0.2, -0.15) is 0 Å². The van der Waals surface area contributed by atoms with Crippen molar-refractivity contribution in [2.45, 2.75) is 38.1 Å². The third kappa shape index (κ3) is 4.36. The van der Waals surface area contributed by atoms with E-state index in [2.05, 4.69) is 20.2 Å². The van der Waals surface area contributed by atoms with Crippen molar-refractivity contribution in [1.29, 1.82) is 0 Å². The first-order valence-electron chi connectivity index (χ1n) is 10.3. The molecule has 9 heteroatoms. The van der Waals surface area contributed by atoms with Crippen LogP contribution in [0.15, 0.2) is 53.9 Å². The fraction of sp³-hybridized carbons (Fsp3) is 0.208. The number of benzene rings is 1. The molecule has 0 unspecified atom stereocenters. The minimum absolute atomic E-state index is 0.0846. The van der Waals surface area contributed by atoms with E-state index in [9.17, 15) is 14.0 Å². The van der Waals surface area contributed by atoms with E-state index in [1.54, 1.807) is 62.0 Å². The number of pyridine rings is 1. The zero-order chi connectivity index (χ0) is 23.7. The van der Waals surface area contributed by atoms with Gasteiger partial charge in [-0.15, -0.1) is 10.2 Å². The van der Waals surface area contributed by atoms with Crippen LogP contribution in [0.1, 0.15) is 46.0 Å². The van der Waals surface area contributed by atoms with Gasteiger partial charge in [0.2, 0.25) is 0 Å². The SMILES string of the molecule is CC(=O)c1c(C)[nH]c(C(=O)[C@H](C)Sc2nnc(-c3ccncc3)n2-c2ccc(F)cc2)c1C. The Morgan fingerprint density at radius 3 is 2.33 bits per heavy atom. The maximum Gasteiger partial charge on any atom is 0.196 e. The summed E-state index contributed by atoms with van der Waals surface area (Å²) in [4.78, 5) is 32.3. The normalized spacial score (nSPS) is 12.0. The number of Topliss-reactive ketones (excluding diaryl/α,β-unsaturated/α-hetero) is 2. The van der Waals surface area contributed by atoms with Gasteiger partial charge in [0.05, 0.1) is 10.9 Å². The molecule has 1 aromatic carbocycles. The van der Waals surface area contributed by atoms with Gasteiger partial charge in [-0.25, -0.2) is 4.39 Å². The van der Waals surface area contributed by atoms with Crippen LogP contribution in [0, 0.1) is 19.7 Å². The van der Waals surface area contributed by atoms with Gasteiger partial charge in [0.25, 0.3) is 0 Å². The van der Waals surface area contributed by atoms with E-state index in [0.717, 1.165) is 5.56 Å². The molecule has 3 aromatic heterocycles. The molecule has 0 aliphatic rings. The van der Waals surface area contributed by atoms with E-state index in [-0.39, 0.29) is 17.4 Å². The fourth-order valence-electron chi connectivity index (χ4n) is 3.80. The first-order valence-corrected chi connectivity index (χ1v) is 11.2. The van der Waals surface area contributed by atoms with Gasteiger partial charge in [0.1, 0.15) is 5.82 Å². The lowest BCUT2D eigenvalue weighted by Gasteiger charge is -2.13. The minimum Gasteiger partial charge on any atom is -0.355 e. The second-order valence-electron chi connectivity index (χ2n) is 7.66. The summed E-state index contributed by atoms with van der Waals surface area (Å²) in [7, 11) is 0. The summed E-state index contributed by atoms with van der Waals surface area (Å²) in [6.07, 6.45) is 3.31. The highest BCUT2D eigenvalue weighted by molar-refractivity contribution is 8.00. The summed E-state index contributed by atoms with van der Waals surface area (Å²) in [5, 5.41) is 8.63. The molecule has 3 heterocycles. The van der Waals surface area contributed by atoms with Crippen molar-refractivity contribution in [3.05, 3.63) is 77.1 Å². The zero-order valence-electron chi connectivity index (χ0n) is 18.6. The van der Waals surface area contributed by atoms with Gasteiger partial charge in [0, 0.05) is 34.9 Å². The standard InChI is InChI=1S/C24H22FN5O2S/c1-13-20(15(3)31)14(2)27-21(13)22(32)16(4)33-24-29-28-23(17-9-11-26-12-10-17)30(24)19-7-5-18(25)6-8-19/h5-12,16,27H,1-4H3/t16-/m0/s1. The highest BCUT2D eigenvalue weighted by Gasteiger charge is 2.27. The summed E-state index contributed by atoms with van der Waals surface area (Å²) < 4.78 is 15.3. The van der Waals surface area contributed by atoms with Gasteiger partial charge in [-0.3, -0.25) is 19.1 Å². The average molecular weight is 464 g/mol. The van der Waals surface area contributed by atoms with Crippen LogP contribution in [0.25, 0.3) is 17.1 Å². The van der Waals surface area contributed by atoms with Crippen molar-refractivity contribution >= 4 is 23.3 Å². The number of hydrogen-bond acceptors (Lipinski definition) is 6. The van der Waals surface area contributed by atoms with Crippen LogP contribution in [0.2, 0.25) is 0 Å².